The van der Waals surface area contributed by atoms with E-state index in [2.05, 4.69) is 0 Å². The highest BCUT2D eigenvalue weighted by atomic mass is 16.4. The SMILES string of the molecule is CCC(CC(=O)O)C(N)(CC)CC(C)O. The molecule has 0 saturated heterocycles. The smallest absolute Gasteiger partial charge is 0.303 e. The first-order valence-electron chi connectivity index (χ1n) is 5.54. The molecular weight excluding hydrogens is 194 g/mol. The summed E-state index contributed by atoms with van der Waals surface area (Å²) >= 11 is 0. The van der Waals surface area contributed by atoms with Crippen LogP contribution < -0.4 is 5.73 Å². The van der Waals surface area contributed by atoms with E-state index in [1.807, 2.05) is 13.8 Å². The van der Waals surface area contributed by atoms with Crippen LogP contribution in [-0.4, -0.2) is 27.8 Å². The normalized spacial score (nSPS) is 19.3. The maximum Gasteiger partial charge on any atom is 0.303 e. The minimum atomic E-state index is -0.823. The van der Waals surface area contributed by atoms with Gasteiger partial charge in [0.2, 0.25) is 0 Å². The average molecular weight is 217 g/mol. The molecule has 90 valence electrons. The fourth-order valence-corrected chi connectivity index (χ4v) is 2.11. The molecule has 0 aromatic heterocycles. The monoisotopic (exact) mass is 217 g/mol. The van der Waals surface area contributed by atoms with E-state index >= 15 is 0 Å². The van der Waals surface area contributed by atoms with Crippen molar-refractivity contribution in [3.63, 3.8) is 0 Å². The van der Waals surface area contributed by atoms with Gasteiger partial charge in [-0.05, 0) is 25.7 Å². The second-order valence-corrected chi connectivity index (χ2v) is 4.34. The summed E-state index contributed by atoms with van der Waals surface area (Å²) in [5, 5.41) is 18.2. The first-order chi connectivity index (χ1) is 6.85. The van der Waals surface area contributed by atoms with Gasteiger partial charge in [0.15, 0.2) is 0 Å². The Labute approximate surface area is 91.5 Å². The third kappa shape index (κ3) is 4.62. The molecule has 3 atom stereocenters. The lowest BCUT2D eigenvalue weighted by Gasteiger charge is -2.36. The largest absolute Gasteiger partial charge is 0.481 e. The fourth-order valence-electron chi connectivity index (χ4n) is 2.11. The van der Waals surface area contributed by atoms with Crippen LogP contribution in [0.5, 0.6) is 0 Å². The van der Waals surface area contributed by atoms with Gasteiger partial charge in [-0.3, -0.25) is 4.79 Å². The van der Waals surface area contributed by atoms with Crippen LogP contribution in [0.2, 0.25) is 0 Å². The number of aliphatic hydroxyl groups excluding tert-OH is 1. The number of aliphatic hydroxyl groups is 1. The van der Waals surface area contributed by atoms with Gasteiger partial charge in [0.1, 0.15) is 0 Å². The van der Waals surface area contributed by atoms with E-state index in [4.69, 9.17) is 10.8 Å². The molecule has 0 radical (unpaired) electrons. The van der Waals surface area contributed by atoms with Crippen molar-refractivity contribution in [2.45, 2.75) is 58.1 Å². The summed E-state index contributed by atoms with van der Waals surface area (Å²) in [5.41, 5.74) is 5.61. The summed E-state index contributed by atoms with van der Waals surface area (Å²) in [6, 6.07) is 0. The second kappa shape index (κ2) is 6.08. The molecular formula is C11H23NO3. The zero-order chi connectivity index (χ0) is 12.1. The first kappa shape index (κ1) is 14.4. The fraction of sp³-hybridized carbons (Fsp3) is 0.909. The highest BCUT2D eigenvalue weighted by Crippen LogP contribution is 2.29. The number of rotatable bonds is 7. The predicted molar refractivity (Wildman–Crippen MR) is 59.5 cm³/mol. The minimum Gasteiger partial charge on any atom is -0.481 e. The van der Waals surface area contributed by atoms with E-state index in [1.54, 1.807) is 6.92 Å². The summed E-state index contributed by atoms with van der Waals surface area (Å²) in [6.45, 7) is 5.56. The lowest BCUT2D eigenvalue weighted by Crippen LogP contribution is -2.49. The molecule has 0 aliphatic heterocycles. The van der Waals surface area contributed by atoms with Crippen LogP contribution in [0.25, 0.3) is 0 Å². The van der Waals surface area contributed by atoms with Crippen LogP contribution in [0.4, 0.5) is 0 Å². The molecule has 0 rings (SSSR count). The van der Waals surface area contributed by atoms with Gasteiger partial charge in [-0.25, -0.2) is 0 Å². The van der Waals surface area contributed by atoms with Crippen molar-refractivity contribution in [2.24, 2.45) is 11.7 Å². The number of carbonyl (C=O) groups is 1. The van der Waals surface area contributed by atoms with Gasteiger partial charge >= 0.3 is 5.97 Å². The van der Waals surface area contributed by atoms with Crippen LogP contribution in [0.3, 0.4) is 0 Å². The molecule has 0 aliphatic carbocycles. The van der Waals surface area contributed by atoms with E-state index in [0.29, 0.717) is 12.8 Å². The number of aliphatic carboxylic acids is 1. The van der Waals surface area contributed by atoms with Crippen LogP contribution in [0.1, 0.15) is 46.5 Å². The van der Waals surface area contributed by atoms with E-state index in [0.717, 1.165) is 6.42 Å². The van der Waals surface area contributed by atoms with Gasteiger partial charge in [-0.1, -0.05) is 20.3 Å². The summed E-state index contributed by atoms with van der Waals surface area (Å²) in [7, 11) is 0. The molecule has 0 fully saturated rings. The van der Waals surface area contributed by atoms with Gasteiger partial charge in [-0.2, -0.15) is 0 Å². The van der Waals surface area contributed by atoms with Crippen molar-refractivity contribution in [1.82, 2.24) is 0 Å². The Morgan fingerprint density at radius 1 is 1.47 bits per heavy atom. The Kier molecular flexibility index (Phi) is 5.83. The lowest BCUT2D eigenvalue weighted by atomic mass is 9.75. The molecule has 4 nitrogen and oxygen atoms in total. The molecule has 0 aliphatic rings. The Balaban J connectivity index is 4.63. The molecule has 0 spiro atoms. The van der Waals surface area contributed by atoms with Gasteiger partial charge in [0, 0.05) is 12.0 Å². The maximum atomic E-state index is 10.7. The van der Waals surface area contributed by atoms with Crippen molar-refractivity contribution in [2.75, 3.05) is 0 Å². The first-order valence-corrected chi connectivity index (χ1v) is 5.54. The van der Waals surface area contributed by atoms with Gasteiger partial charge in [0.05, 0.1) is 6.10 Å². The third-order valence-electron chi connectivity index (χ3n) is 3.06. The molecule has 4 N–H and O–H groups in total. The molecule has 0 saturated carbocycles. The highest BCUT2D eigenvalue weighted by molar-refractivity contribution is 5.67. The third-order valence-corrected chi connectivity index (χ3v) is 3.06. The van der Waals surface area contributed by atoms with Crippen LogP contribution in [-0.2, 0) is 4.79 Å². The molecule has 0 aromatic rings. The molecule has 0 heterocycles. The zero-order valence-corrected chi connectivity index (χ0v) is 9.86. The molecule has 4 heteroatoms. The number of hydrogen-bond donors (Lipinski definition) is 3. The number of nitrogens with two attached hydrogens (primary N) is 1. The van der Waals surface area contributed by atoms with Gasteiger partial charge in [0.25, 0.3) is 0 Å². The standard InChI is InChI=1S/C11H23NO3/c1-4-9(6-10(14)15)11(12,5-2)7-8(3)13/h8-9,13H,4-7,12H2,1-3H3,(H,14,15). The lowest BCUT2D eigenvalue weighted by molar-refractivity contribution is -0.139. The summed E-state index contributed by atoms with van der Waals surface area (Å²) < 4.78 is 0. The van der Waals surface area contributed by atoms with Crippen molar-refractivity contribution in [3.05, 3.63) is 0 Å². The minimum absolute atomic E-state index is 0.0744. The van der Waals surface area contributed by atoms with Crippen molar-refractivity contribution in [1.29, 1.82) is 0 Å². The summed E-state index contributed by atoms with van der Waals surface area (Å²) in [5.74, 6) is -0.898. The Morgan fingerprint density at radius 3 is 2.27 bits per heavy atom. The van der Waals surface area contributed by atoms with E-state index in [-0.39, 0.29) is 12.3 Å². The summed E-state index contributed by atoms with van der Waals surface area (Å²) in [6.07, 6.45) is 1.45. The topological polar surface area (TPSA) is 83.5 Å². The van der Waals surface area contributed by atoms with E-state index < -0.39 is 17.6 Å². The maximum absolute atomic E-state index is 10.7. The number of carboxylic acids is 1. The van der Waals surface area contributed by atoms with Crippen LogP contribution in [0.15, 0.2) is 0 Å². The number of hydrogen-bond acceptors (Lipinski definition) is 3. The van der Waals surface area contributed by atoms with Crippen LogP contribution >= 0.6 is 0 Å². The van der Waals surface area contributed by atoms with E-state index in [1.165, 1.54) is 0 Å². The Bertz CT molecular complexity index is 206. The highest BCUT2D eigenvalue weighted by Gasteiger charge is 2.34. The second-order valence-electron chi connectivity index (χ2n) is 4.34. The summed E-state index contributed by atoms with van der Waals surface area (Å²) in [4.78, 5) is 10.7. The van der Waals surface area contributed by atoms with E-state index in [9.17, 15) is 9.90 Å². The molecule has 15 heavy (non-hydrogen) atoms. The van der Waals surface area contributed by atoms with Gasteiger partial charge < -0.3 is 15.9 Å². The van der Waals surface area contributed by atoms with Crippen molar-refractivity contribution < 1.29 is 15.0 Å². The van der Waals surface area contributed by atoms with Gasteiger partial charge in [-0.15, -0.1) is 0 Å². The Morgan fingerprint density at radius 2 is 2.00 bits per heavy atom. The molecule has 3 unspecified atom stereocenters. The zero-order valence-electron chi connectivity index (χ0n) is 9.86. The molecule has 0 aromatic carbocycles. The van der Waals surface area contributed by atoms with Crippen molar-refractivity contribution in [3.8, 4) is 0 Å². The van der Waals surface area contributed by atoms with Crippen molar-refractivity contribution >= 4 is 5.97 Å². The number of carboxylic acid groups (broad SMARTS) is 1. The average Bonchev–Trinajstić information content (AvgIpc) is 2.12. The quantitative estimate of drug-likeness (QED) is 0.601. The Hall–Kier alpha value is -0.610. The molecule has 0 bridgehead atoms. The predicted octanol–water partition coefficient (Wildman–Crippen LogP) is 1.37. The molecule has 0 amide bonds. The van der Waals surface area contributed by atoms with Crippen LogP contribution in [0, 0.1) is 5.92 Å².